The molecular weight excluding hydrogens is 414 g/mol. The van der Waals surface area contributed by atoms with Gasteiger partial charge in [-0.15, -0.1) is 11.3 Å². The number of thiazole rings is 1. The number of thioether (sulfide) groups is 1. The molecule has 30 heavy (non-hydrogen) atoms. The van der Waals surface area contributed by atoms with E-state index in [4.69, 9.17) is 14.7 Å². The number of methoxy groups -OCH3 is 1. The Hall–Kier alpha value is -1.77. The number of ether oxygens (including phenoxy) is 1. The van der Waals surface area contributed by atoms with E-state index < -0.39 is 0 Å². The van der Waals surface area contributed by atoms with Crippen molar-refractivity contribution in [1.29, 1.82) is 0 Å². The highest BCUT2D eigenvalue weighted by Gasteiger charge is 2.13. The SMILES string of the molecule is CCNC(=NCc1ccc(N2CCSCC2)cc1)N(C)Cc1csc(C(C)OC)n1. The van der Waals surface area contributed by atoms with Crippen molar-refractivity contribution in [3.8, 4) is 0 Å². The quantitative estimate of drug-likeness (QED) is 0.488. The molecule has 1 aliphatic heterocycles. The van der Waals surface area contributed by atoms with E-state index in [0.717, 1.165) is 36.3 Å². The summed E-state index contributed by atoms with van der Waals surface area (Å²) in [5.41, 5.74) is 3.58. The van der Waals surface area contributed by atoms with Crippen molar-refractivity contribution in [3.05, 3.63) is 45.9 Å². The van der Waals surface area contributed by atoms with E-state index >= 15 is 0 Å². The molecule has 0 saturated carbocycles. The number of hydrogen-bond donors (Lipinski definition) is 1. The maximum Gasteiger partial charge on any atom is 0.194 e. The Morgan fingerprint density at radius 1 is 1.30 bits per heavy atom. The Labute approximate surface area is 188 Å². The molecule has 3 rings (SSSR count). The average Bonchev–Trinajstić information content (AvgIpc) is 3.25. The van der Waals surface area contributed by atoms with Gasteiger partial charge in [0.2, 0.25) is 0 Å². The van der Waals surface area contributed by atoms with Crippen LogP contribution in [0.2, 0.25) is 0 Å². The fourth-order valence-electron chi connectivity index (χ4n) is 3.27. The third-order valence-electron chi connectivity index (χ3n) is 5.09. The molecule has 2 aromatic rings. The maximum atomic E-state index is 5.37. The second-order valence-corrected chi connectivity index (χ2v) is 9.46. The lowest BCUT2D eigenvalue weighted by molar-refractivity contribution is 0.119. The Morgan fingerprint density at radius 2 is 2.03 bits per heavy atom. The van der Waals surface area contributed by atoms with Crippen LogP contribution in [-0.2, 0) is 17.8 Å². The van der Waals surface area contributed by atoms with Crippen LogP contribution < -0.4 is 10.2 Å². The number of nitrogens with one attached hydrogen (secondary N) is 1. The molecule has 164 valence electrons. The molecule has 6 nitrogen and oxygen atoms in total. The van der Waals surface area contributed by atoms with Gasteiger partial charge < -0.3 is 19.9 Å². The predicted octanol–water partition coefficient (Wildman–Crippen LogP) is 4.00. The smallest absolute Gasteiger partial charge is 0.194 e. The standard InChI is InChI=1S/C22H33N5OS2/c1-5-23-22(26(3)15-19-16-30-21(25-19)17(2)28-4)24-14-18-6-8-20(9-7-18)27-10-12-29-13-11-27/h6-9,16-17H,5,10-15H2,1-4H3,(H,23,24). The lowest BCUT2D eigenvalue weighted by atomic mass is 10.2. The summed E-state index contributed by atoms with van der Waals surface area (Å²) in [4.78, 5) is 14.1. The zero-order chi connectivity index (χ0) is 21.3. The zero-order valence-electron chi connectivity index (χ0n) is 18.4. The van der Waals surface area contributed by atoms with Gasteiger partial charge in [0.1, 0.15) is 11.1 Å². The molecule has 1 fully saturated rings. The molecule has 0 amide bonds. The van der Waals surface area contributed by atoms with E-state index in [0.29, 0.717) is 13.1 Å². The van der Waals surface area contributed by atoms with Gasteiger partial charge in [-0.25, -0.2) is 9.98 Å². The van der Waals surface area contributed by atoms with Crippen molar-refractivity contribution in [2.24, 2.45) is 4.99 Å². The molecule has 8 heteroatoms. The summed E-state index contributed by atoms with van der Waals surface area (Å²) in [6.45, 7) is 8.59. The van der Waals surface area contributed by atoms with E-state index in [9.17, 15) is 0 Å². The highest BCUT2D eigenvalue weighted by molar-refractivity contribution is 7.99. The fraction of sp³-hybridized carbons (Fsp3) is 0.545. The first-order valence-corrected chi connectivity index (χ1v) is 12.5. The number of benzene rings is 1. The van der Waals surface area contributed by atoms with E-state index in [1.807, 2.05) is 18.7 Å². The fourth-order valence-corrected chi connectivity index (χ4v) is 5.02. The molecule has 1 aromatic heterocycles. The molecule has 2 heterocycles. The van der Waals surface area contributed by atoms with Gasteiger partial charge in [-0.1, -0.05) is 12.1 Å². The molecule has 1 aromatic carbocycles. The van der Waals surface area contributed by atoms with Gasteiger partial charge in [0, 0.05) is 56.4 Å². The molecule has 1 atom stereocenters. The summed E-state index contributed by atoms with van der Waals surface area (Å²) in [5.74, 6) is 3.33. The van der Waals surface area contributed by atoms with E-state index in [2.05, 4.69) is 58.7 Å². The minimum Gasteiger partial charge on any atom is -0.375 e. The molecule has 0 spiro atoms. The van der Waals surface area contributed by atoms with Gasteiger partial charge in [-0.05, 0) is 31.5 Å². The van der Waals surface area contributed by atoms with Gasteiger partial charge in [-0.3, -0.25) is 0 Å². The van der Waals surface area contributed by atoms with Crippen molar-refractivity contribution in [2.45, 2.75) is 33.0 Å². The number of anilines is 1. The highest BCUT2D eigenvalue weighted by Crippen LogP contribution is 2.22. The van der Waals surface area contributed by atoms with E-state index in [1.54, 1.807) is 18.4 Å². The minimum atomic E-state index is 0.0302. The van der Waals surface area contributed by atoms with Gasteiger partial charge in [0.05, 0.1) is 18.8 Å². The zero-order valence-corrected chi connectivity index (χ0v) is 20.1. The normalized spacial score (nSPS) is 15.9. The number of aliphatic imine (C=N–C) groups is 1. The summed E-state index contributed by atoms with van der Waals surface area (Å²) >= 11 is 3.68. The van der Waals surface area contributed by atoms with Gasteiger partial charge in [0.15, 0.2) is 5.96 Å². The van der Waals surface area contributed by atoms with Crippen LogP contribution >= 0.6 is 23.1 Å². The second-order valence-electron chi connectivity index (χ2n) is 7.35. The van der Waals surface area contributed by atoms with Crippen LogP contribution in [0.4, 0.5) is 5.69 Å². The topological polar surface area (TPSA) is 53.0 Å². The van der Waals surface area contributed by atoms with Crippen LogP contribution in [0, 0.1) is 0 Å². The first kappa shape index (κ1) is 22.9. The van der Waals surface area contributed by atoms with Crippen LogP contribution in [0.1, 0.15) is 36.2 Å². The largest absolute Gasteiger partial charge is 0.375 e. The molecule has 1 aliphatic rings. The lowest BCUT2D eigenvalue weighted by Crippen LogP contribution is -2.38. The number of guanidine groups is 1. The van der Waals surface area contributed by atoms with Crippen LogP contribution in [0.5, 0.6) is 0 Å². The molecular formula is C22H33N5OS2. The van der Waals surface area contributed by atoms with Crippen molar-refractivity contribution in [1.82, 2.24) is 15.2 Å². The minimum absolute atomic E-state index is 0.0302. The molecule has 1 unspecified atom stereocenters. The van der Waals surface area contributed by atoms with Crippen LogP contribution in [0.3, 0.4) is 0 Å². The summed E-state index contributed by atoms with van der Waals surface area (Å²) in [6.07, 6.45) is 0.0302. The number of rotatable bonds is 8. The Morgan fingerprint density at radius 3 is 2.70 bits per heavy atom. The molecule has 0 bridgehead atoms. The first-order chi connectivity index (χ1) is 14.6. The van der Waals surface area contributed by atoms with Gasteiger partial charge >= 0.3 is 0 Å². The number of hydrogen-bond acceptors (Lipinski definition) is 6. The predicted molar refractivity (Wildman–Crippen MR) is 130 cm³/mol. The van der Waals surface area contributed by atoms with E-state index in [1.165, 1.54) is 22.8 Å². The molecule has 1 saturated heterocycles. The van der Waals surface area contributed by atoms with Gasteiger partial charge in [-0.2, -0.15) is 11.8 Å². The Balaban J connectivity index is 1.61. The van der Waals surface area contributed by atoms with Crippen LogP contribution in [0.25, 0.3) is 0 Å². The Bertz CT molecular complexity index is 802. The van der Waals surface area contributed by atoms with Crippen molar-refractivity contribution >= 4 is 34.7 Å². The number of aromatic nitrogens is 1. The highest BCUT2D eigenvalue weighted by atomic mass is 32.2. The molecule has 0 radical (unpaired) electrons. The third kappa shape index (κ3) is 6.36. The second kappa shape index (κ2) is 11.6. The summed E-state index contributed by atoms with van der Waals surface area (Å²) < 4.78 is 5.37. The number of nitrogens with zero attached hydrogens (tertiary/aromatic N) is 4. The van der Waals surface area contributed by atoms with Crippen LogP contribution in [0.15, 0.2) is 34.6 Å². The molecule has 1 N–H and O–H groups in total. The van der Waals surface area contributed by atoms with E-state index in [-0.39, 0.29) is 6.10 Å². The maximum absolute atomic E-state index is 5.37. The summed E-state index contributed by atoms with van der Waals surface area (Å²) in [5, 5.41) is 6.50. The average molecular weight is 448 g/mol. The van der Waals surface area contributed by atoms with Crippen LogP contribution in [-0.4, -0.2) is 61.1 Å². The molecule has 0 aliphatic carbocycles. The first-order valence-electron chi connectivity index (χ1n) is 10.5. The monoisotopic (exact) mass is 447 g/mol. The third-order valence-corrected chi connectivity index (χ3v) is 7.09. The Kier molecular flexibility index (Phi) is 8.84. The lowest BCUT2D eigenvalue weighted by Gasteiger charge is -2.28. The summed E-state index contributed by atoms with van der Waals surface area (Å²) in [7, 11) is 3.77. The van der Waals surface area contributed by atoms with Crippen molar-refractivity contribution in [2.75, 3.05) is 50.2 Å². The van der Waals surface area contributed by atoms with Crippen molar-refractivity contribution in [3.63, 3.8) is 0 Å². The van der Waals surface area contributed by atoms with Gasteiger partial charge in [0.25, 0.3) is 0 Å². The summed E-state index contributed by atoms with van der Waals surface area (Å²) in [6, 6.07) is 8.85. The van der Waals surface area contributed by atoms with Crippen molar-refractivity contribution < 1.29 is 4.74 Å².